The molecule has 2 fully saturated rings. The highest BCUT2D eigenvalue weighted by molar-refractivity contribution is 5.98. The summed E-state index contributed by atoms with van der Waals surface area (Å²) in [6.07, 6.45) is 5.63. The molecule has 1 saturated heterocycles. The van der Waals surface area contributed by atoms with Crippen LogP contribution in [-0.4, -0.2) is 11.8 Å². The van der Waals surface area contributed by atoms with Crippen molar-refractivity contribution in [1.29, 1.82) is 0 Å². The average Bonchev–Trinajstić information content (AvgIpc) is 1.99. The summed E-state index contributed by atoms with van der Waals surface area (Å²) in [5.41, 5.74) is 0.0110. The first kappa shape index (κ1) is 9.69. The van der Waals surface area contributed by atoms with Gasteiger partial charge in [0, 0.05) is 12.8 Å². The lowest BCUT2D eigenvalue weighted by molar-refractivity contribution is -0.139. The third kappa shape index (κ3) is 1.81. The van der Waals surface area contributed by atoms with Gasteiger partial charge in [0.15, 0.2) is 0 Å². The van der Waals surface area contributed by atoms with Gasteiger partial charge in [-0.25, -0.2) is 0 Å². The number of rotatable bonds is 0. The molecule has 1 heterocycles. The number of nitrogens with one attached hydrogen (secondary N) is 1. The molecular formula is C11H17NO2. The van der Waals surface area contributed by atoms with Crippen molar-refractivity contribution in [2.75, 3.05) is 0 Å². The van der Waals surface area contributed by atoms with Crippen LogP contribution in [0.4, 0.5) is 0 Å². The predicted molar refractivity (Wildman–Crippen MR) is 52.4 cm³/mol. The van der Waals surface area contributed by atoms with E-state index in [0.29, 0.717) is 18.8 Å². The van der Waals surface area contributed by atoms with E-state index in [1.165, 1.54) is 12.8 Å². The Bertz CT molecular complexity index is 256. The number of imide groups is 1. The SMILES string of the molecule is CC1CCCC2(CC(=O)NC(=O)C2)C1. The molecule has 1 N–H and O–H groups in total. The molecule has 3 heteroatoms. The molecule has 1 atom stereocenters. The normalized spacial score (nSPS) is 31.6. The number of piperidine rings is 1. The molecule has 14 heavy (non-hydrogen) atoms. The lowest BCUT2D eigenvalue weighted by Gasteiger charge is -2.41. The lowest BCUT2D eigenvalue weighted by atomic mass is 9.65. The summed E-state index contributed by atoms with van der Waals surface area (Å²) in [5, 5.41) is 2.39. The van der Waals surface area contributed by atoms with Gasteiger partial charge in [0.25, 0.3) is 0 Å². The fourth-order valence-electron chi connectivity index (χ4n) is 3.08. The first-order valence-electron chi connectivity index (χ1n) is 5.42. The third-order valence-electron chi connectivity index (χ3n) is 3.54. The Morgan fingerprint density at radius 2 is 1.93 bits per heavy atom. The monoisotopic (exact) mass is 195 g/mol. The summed E-state index contributed by atoms with van der Waals surface area (Å²) >= 11 is 0. The minimum atomic E-state index is -0.0737. The maximum Gasteiger partial charge on any atom is 0.227 e. The van der Waals surface area contributed by atoms with Crippen LogP contribution in [0.3, 0.4) is 0 Å². The Kier molecular flexibility index (Phi) is 2.33. The molecule has 2 aliphatic rings. The van der Waals surface area contributed by atoms with Crippen molar-refractivity contribution < 1.29 is 9.59 Å². The van der Waals surface area contributed by atoms with E-state index >= 15 is 0 Å². The summed E-state index contributed by atoms with van der Waals surface area (Å²) < 4.78 is 0. The van der Waals surface area contributed by atoms with E-state index in [1.54, 1.807) is 0 Å². The summed E-state index contributed by atoms with van der Waals surface area (Å²) in [5.74, 6) is 0.521. The molecule has 2 amide bonds. The predicted octanol–water partition coefficient (Wildman–Crippen LogP) is 1.62. The maximum atomic E-state index is 11.3. The quantitative estimate of drug-likeness (QED) is 0.597. The van der Waals surface area contributed by atoms with Crippen LogP contribution in [0, 0.1) is 11.3 Å². The van der Waals surface area contributed by atoms with Crippen molar-refractivity contribution in [3.63, 3.8) is 0 Å². The Labute approximate surface area is 84.2 Å². The largest absolute Gasteiger partial charge is 0.296 e. The molecule has 1 saturated carbocycles. The zero-order valence-electron chi connectivity index (χ0n) is 8.64. The zero-order chi connectivity index (χ0) is 10.2. The van der Waals surface area contributed by atoms with Gasteiger partial charge in [0.2, 0.25) is 11.8 Å². The Hall–Kier alpha value is -0.860. The Balaban J connectivity index is 2.13. The van der Waals surface area contributed by atoms with Crippen molar-refractivity contribution in [3.05, 3.63) is 0 Å². The second-order valence-corrected chi connectivity index (χ2v) is 5.03. The van der Waals surface area contributed by atoms with E-state index in [-0.39, 0.29) is 17.2 Å². The van der Waals surface area contributed by atoms with E-state index in [2.05, 4.69) is 12.2 Å². The summed E-state index contributed by atoms with van der Waals surface area (Å²) in [7, 11) is 0. The van der Waals surface area contributed by atoms with E-state index < -0.39 is 0 Å². The van der Waals surface area contributed by atoms with Crippen molar-refractivity contribution in [3.8, 4) is 0 Å². The molecule has 0 radical (unpaired) electrons. The highest BCUT2D eigenvalue weighted by Crippen LogP contribution is 2.45. The van der Waals surface area contributed by atoms with Gasteiger partial charge in [-0.1, -0.05) is 19.8 Å². The van der Waals surface area contributed by atoms with Gasteiger partial charge >= 0.3 is 0 Å². The molecule has 1 spiro atoms. The minimum Gasteiger partial charge on any atom is -0.296 e. The highest BCUT2D eigenvalue weighted by atomic mass is 16.2. The standard InChI is InChI=1S/C11H17NO2/c1-8-3-2-4-11(5-8)6-9(13)12-10(14)7-11/h8H,2-7H2,1H3,(H,12,13,14). The van der Waals surface area contributed by atoms with Gasteiger partial charge in [-0.3, -0.25) is 14.9 Å². The van der Waals surface area contributed by atoms with E-state index in [1.807, 2.05) is 0 Å². The second kappa shape index (κ2) is 3.37. The first-order valence-corrected chi connectivity index (χ1v) is 5.42. The van der Waals surface area contributed by atoms with Crippen molar-refractivity contribution in [2.45, 2.75) is 45.4 Å². The number of carbonyl (C=O) groups excluding carboxylic acids is 2. The molecule has 1 aliphatic carbocycles. The summed E-state index contributed by atoms with van der Waals surface area (Å²) in [6, 6.07) is 0. The van der Waals surface area contributed by atoms with Crippen molar-refractivity contribution >= 4 is 11.8 Å². The Morgan fingerprint density at radius 1 is 1.29 bits per heavy atom. The van der Waals surface area contributed by atoms with Gasteiger partial charge in [-0.05, 0) is 24.2 Å². The molecule has 0 aromatic rings. The van der Waals surface area contributed by atoms with E-state index in [9.17, 15) is 9.59 Å². The number of hydrogen-bond acceptors (Lipinski definition) is 2. The van der Waals surface area contributed by atoms with Crippen LogP contribution >= 0.6 is 0 Å². The fraction of sp³-hybridized carbons (Fsp3) is 0.818. The van der Waals surface area contributed by atoms with Gasteiger partial charge in [-0.15, -0.1) is 0 Å². The lowest BCUT2D eigenvalue weighted by Crippen LogP contribution is -2.46. The topological polar surface area (TPSA) is 46.2 Å². The van der Waals surface area contributed by atoms with Gasteiger partial charge in [-0.2, -0.15) is 0 Å². The van der Waals surface area contributed by atoms with Crippen molar-refractivity contribution in [1.82, 2.24) is 5.32 Å². The third-order valence-corrected chi connectivity index (χ3v) is 3.54. The molecule has 1 aliphatic heterocycles. The first-order chi connectivity index (χ1) is 6.60. The molecule has 78 valence electrons. The van der Waals surface area contributed by atoms with Gasteiger partial charge < -0.3 is 0 Å². The van der Waals surface area contributed by atoms with E-state index in [0.717, 1.165) is 12.8 Å². The number of hydrogen-bond donors (Lipinski definition) is 1. The van der Waals surface area contributed by atoms with Gasteiger partial charge in [0.1, 0.15) is 0 Å². The van der Waals surface area contributed by atoms with Crippen LogP contribution in [0.25, 0.3) is 0 Å². The van der Waals surface area contributed by atoms with Crippen LogP contribution < -0.4 is 5.32 Å². The molecule has 3 nitrogen and oxygen atoms in total. The summed E-state index contributed by atoms with van der Waals surface area (Å²) in [6.45, 7) is 2.22. The van der Waals surface area contributed by atoms with Crippen LogP contribution in [0.2, 0.25) is 0 Å². The molecule has 0 aromatic heterocycles. The fourth-order valence-corrected chi connectivity index (χ4v) is 3.08. The highest BCUT2D eigenvalue weighted by Gasteiger charge is 2.41. The van der Waals surface area contributed by atoms with Crippen LogP contribution in [0.1, 0.15) is 45.4 Å². The van der Waals surface area contributed by atoms with Crippen LogP contribution in [0.15, 0.2) is 0 Å². The summed E-state index contributed by atoms with van der Waals surface area (Å²) in [4.78, 5) is 22.6. The number of carbonyl (C=O) groups is 2. The smallest absolute Gasteiger partial charge is 0.227 e. The molecule has 0 bridgehead atoms. The van der Waals surface area contributed by atoms with Crippen LogP contribution in [0.5, 0.6) is 0 Å². The zero-order valence-corrected chi connectivity index (χ0v) is 8.64. The molecule has 1 unspecified atom stereocenters. The average molecular weight is 195 g/mol. The second-order valence-electron chi connectivity index (χ2n) is 5.03. The molecular weight excluding hydrogens is 178 g/mol. The molecule has 2 rings (SSSR count). The van der Waals surface area contributed by atoms with Gasteiger partial charge in [0.05, 0.1) is 0 Å². The van der Waals surface area contributed by atoms with Crippen molar-refractivity contribution in [2.24, 2.45) is 11.3 Å². The number of amides is 2. The maximum absolute atomic E-state index is 11.3. The molecule has 0 aromatic carbocycles. The van der Waals surface area contributed by atoms with Crippen LogP contribution in [-0.2, 0) is 9.59 Å². The Morgan fingerprint density at radius 3 is 2.50 bits per heavy atom. The minimum absolute atomic E-state index is 0.0110. The van der Waals surface area contributed by atoms with E-state index in [4.69, 9.17) is 0 Å².